The molecule has 6 rings (SSSR count). The molecule has 184 valence electrons. The van der Waals surface area contributed by atoms with E-state index in [0.29, 0.717) is 12.0 Å². The highest BCUT2D eigenvalue weighted by Crippen LogP contribution is 2.36. The largest absolute Gasteiger partial charge is 0.493 e. The number of ether oxygens (including phenoxy) is 2. The average Bonchev–Trinajstić information content (AvgIpc) is 3.52. The van der Waals surface area contributed by atoms with Crippen LogP contribution in [-0.2, 0) is 17.8 Å². The van der Waals surface area contributed by atoms with Crippen molar-refractivity contribution >= 4 is 17.4 Å². The molecule has 0 saturated carbocycles. The van der Waals surface area contributed by atoms with E-state index in [1.54, 1.807) is 7.11 Å². The molecule has 3 aliphatic rings. The molecule has 2 aromatic heterocycles. The summed E-state index contributed by atoms with van der Waals surface area (Å²) < 4.78 is 13.6. The summed E-state index contributed by atoms with van der Waals surface area (Å²) in [5.74, 6) is 4.13. The number of anilines is 1. The molecule has 3 aliphatic heterocycles. The number of halogens is 1. The lowest BCUT2D eigenvalue weighted by Crippen LogP contribution is -2.34. The molecule has 35 heavy (non-hydrogen) atoms. The monoisotopic (exact) mass is 494 g/mol. The van der Waals surface area contributed by atoms with Crippen molar-refractivity contribution in [1.82, 2.24) is 24.6 Å². The molecule has 8 nitrogen and oxygen atoms in total. The van der Waals surface area contributed by atoms with Gasteiger partial charge in [-0.2, -0.15) is 0 Å². The second-order valence-corrected chi connectivity index (χ2v) is 10.2. The highest BCUT2D eigenvalue weighted by Gasteiger charge is 2.33. The fourth-order valence-corrected chi connectivity index (χ4v) is 5.84. The third-order valence-corrected chi connectivity index (χ3v) is 7.77. The van der Waals surface area contributed by atoms with Crippen molar-refractivity contribution < 1.29 is 9.47 Å². The van der Waals surface area contributed by atoms with E-state index < -0.39 is 0 Å². The third kappa shape index (κ3) is 4.28. The van der Waals surface area contributed by atoms with Crippen LogP contribution in [0.3, 0.4) is 0 Å². The number of pyridine rings is 1. The van der Waals surface area contributed by atoms with Gasteiger partial charge in [-0.25, -0.2) is 4.98 Å². The summed E-state index contributed by atoms with van der Waals surface area (Å²) in [6, 6.07) is 10.6. The van der Waals surface area contributed by atoms with Gasteiger partial charge in [0.15, 0.2) is 17.4 Å². The second kappa shape index (κ2) is 9.41. The molecule has 2 saturated heterocycles. The average molecular weight is 495 g/mol. The Morgan fingerprint density at radius 1 is 1.06 bits per heavy atom. The maximum absolute atomic E-state index is 6.43. The van der Waals surface area contributed by atoms with Crippen LogP contribution in [0.15, 0.2) is 30.3 Å². The first kappa shape index (κ1) is 22.8. The predicted octanol–water partition coefficient (Wildman–Crippen LogP) is 4.12. The summed E-state index contributed by atoms with van der Waals surface area (Å²) in [4.78, 5) is 9.56. The molecule has 0 N–H and O–H groups in total. The minimum atomic E-state index is 0.327. The third-order valence-electron chi connectivity index (χ3n) is 7.54. The first-order valence-corrected chi connectivity index (χ1v) is 12.8. The van der Waals surface area contributed by atoms with Gasteiger partial charge in [-0.15, -0.1) is 10.2 Å². The summed E-state index contributed by atoms with van der Waals surface area (Å²) >= 11 is 6.43. The first-order valence-electron chi connectivity index (χ1n) is 12.4. The summed E-state index contributed by atoms with van der Waals surface area (Å²) in [6.45, 7) is 7.01. The molecule has 3 aromatic rings. The van der Waals surface area contributed by atoms with Crippen LogP contribution < -0.4 is 9.64 Å². The van der Waals surface area contributed by atoms with E-state index in [1.165, 1.54) is 5.56 Å². The molecule has 1 atom stereocenters. The van der Waals surface area contributed by atoms with Gasteiger partial charge in [-0.1, -0.05) is 11.6 Å². The van der Waals surface area contributed by atoms with Crippen molar-refractivity contribution in [3.63, 3.8) is 0 Å². The molecule has 0 bridgehead atoms. The van der Waals surface area contributed by atoms with Crippen molar-refractivity contribution in [3.05, 3.63) is 58.3 Å². The minimum Gasteiger partial charge on any atom is -0.493 e. The molecule has 9 heteroatoms. The van der Waals surface area contributed by atoms with Crippen molar-refractivity contribution in [2.75, 3.05) is 38.3 Å². The number of nitrogens with zero attached hydrogens (tertiary/aromatic N) is 6. The van der Waals surface area contributed by atoms with Crippen LogP contribution in [-0.4, -0.2) is 64.1 Å². The van der Waals surface area contributed by atoms with E-state index in [4.69, 9.17) is 36.3 Å². The Kier molecular flexibility index (Phi) is 6.12. The van der Waals surface area contributed by atoms with Gasteiger partial charge in [0.25, 0.3) is 0 Å². The van der Waals surface area contributed by atoms with Crippen molar-refractivity contribution in [2.24, 2.45) is 0 Å². The number of rotatable bonds is 4. The Bertz CT molecular complexity index is 1220. The number of aryl methyl sites for hydroxylation is 1. The molecule has 0 amide bonds. The first-order chi connectivity index (χ1) is 17.1. The van der Waals surface area contributed by atoms with Gasteiger partial charge in [0.2, 0.25) is 0 Å². The van der Waals surface area contributed by atoms with Crippen molar-refractivity contribution in [3.8, 4) is 11.4 Å². The molecule has 2 fully saturated rings. The number of methoxy groups -OCH3 is 1. The number of aromatic nitrogens is 4. The zero-order chi connectivity index (χ0) is 23.9. The minimum absolute atomic E-state index is 0.327. The maximum Gasteiger partial charge on any atom is 0.171 e. The summed E-state index contributed by atoms with van der Waals surface area (Å²) in [5.41, 5.74) is 3.36. The fraction of sp³-hybridized carbons (Fsp3) is 0.500. The lowest BCUT2D eigenvalue weighted by Gasteiger charge is -2.33. The van der Waals surface area contributed by atoms with E-state index in [1.807, 2.05) is 25.1 Å². The zero-order valence-corrected chi connectivity index (χ0v) is 21.0. The van der Waals surface area contributed by atoms with E-state index in [2.05, 4.69) is 26.5 Å². The fourth-order valence-electron chi connectivity index (χ4n) is 5.65. The molecule has 0 aliphatic carbocycles. The van der Waals surface area contributed by atoms with Crippen LogP contribution in [0.2, 0.25) is 5.02 Å². The Morgan fingerprint density at radius 3 is 2.69 bits per heavy atom. The summed E-state index contributed by atoms with van der Waals surface area (Å²) in [7, 11) is 1.71. The van der Waals surface area contributed by atoms with Gasteiger partial charge in [0.05, 0.1) is 25.9 Å². The highest BCUT2D eigenvalue weighted by atomic mass is 35.5. The van der Waals surface area contributed by atoms with Gasteiger partial charge in [-0.05, 0) is 62.1 Å². The van der Waals surface area contributed by atoms with Crippen molar-refractivity contribution in [1.29, 1.82) is 0 Å². The summed E-state index contributed by atoms with van der Waals surface area (Å²) in [6.07, 6.45) is 3.02. The molecular weight excluding hydrogens is 464 g/mol. The molecule has 1 aromatic carbocycles. The number of hydrogen-bond donors (Lipinski definition) is 0. The van der Waals surface area contributed by atoms with E-state index in [0.717, 1.165) is 98.3 Å². The van der Waals surface area contributed by atoms with Crippen molar-refractivity contribution in [2.45, 2.75) is 51.2 Å². The van der Waals surface area contributed by atoms with E-state index >= 15 is 0 Å². The van der Waals surface area contributed by atoms with Crippen LogP contribution in [0.4, 0.5) is 5.82 Å². The van der Waals surface area contributed by atoms with Crippen LogP contribution in [0, 0.1) is 6.92 Å². The van der Waals surface area contributed by atoms with Crippen LogP contribution in [0.5, 0.6) is 5.75 Å². The van der Waals surface area contributed by atoms with E-state index in [-0.39, 0.29) is 0 Å². The van der Waals surface area contributed by atoms with E-state index in [9.17, 15) is 0 Å². The zero-order valence-electron chi connectivity index (χ0n) is 20.3. The molecular formula is C26H31ClN6O2. The molecule has 0 unspecified atom stereocenters. The van der Waals surface area contributed by atoms with Crippen LogP contribution >= 0.6 is 11.6 Å². The molecule has 0 spiro atoms. The lowest BCUT2D eigenvalue weighted by atomic mass is 9.95. The maximum atomic E-state index is 6.43. The number of benzene rings is 1. The van der Waals surface area contributed by atoms with Gasteiger partial charge >= 0.3 is 0 Å². The molecule has 5 heterocycles. The van der Waals surface area contributed by atoms with Gasteiger partial charge in [0.1, 0.15) is 5.82 Å². The highest BCUT2D eigenvalue weighted by molar-refractivity contribution is 6.30. The SMILES string of the molecule is COc1ccc(C)nc1N1CCC(c2nnc3n2-c2ccc(Cl)cc2CN([C@H]2CCOC2)C3)CC1. The quantitative estimate of drug-likeness (QED) is 0.540. The van der Waals surface area contributed by atoms with Gasteiger partial charge in [-0.3, -0.25) is 9.47 Å². The number of piperidine rings is 1. The number of fused-ring (bicyclic) bond motifs is 3. The normalized spacial score (nSPS) is 21.0. The van der Waals surface area contributed by atoms with Crippen LogP contribution in [0.25, 0.3) is 5.69 Å². The second-order valence-electron chi connectivity index (χ2n) is 9.75. The Morgan fingerprint density at radius 2 is 1.91 bits per heavy atom. The lowest BCUT2D eigenvalue weighted by molar-refractivity contribution is 0.133. The standard InChI is InChI=1S/C26H31ClN6O2/c1-17-3-6-23(34-2)26(28-17)31-10-7-18(8-11-31)25-30-29-24-15-32(21-9-12-35-16-21)14-19-13-20(27)4-5-22(19)33(24)25/h3-6,13,18,21H,7-12,14-16H2,1-2H3/t21-/m0/s1. The summed E-state index contributed by atoms with van der Waals surface area (Å²) in [5, 5.41) is 10.2. The predicted molar refractivity (Wildman–Crippen MR) is 135 cm³/mol. The van der Waals surface area contributed by atoms with Crippen LogP contribution in [0.1, 0.15) is 48.1 Å². The van der Waals surface area contributed by atoms with Gasteiger partial charge < -0.3 is 14.4 Å². The Balaban J connectivity index is 1.29. The van der Waals surface area contributed by atoms with Gasteiger partial charge in [0, 0.05) is 48.9 Å². The Hall–Kier alpha value is -2.68. The number of hydrogen-bond acceptors (Lipinski definition) is 7. The smallest absolute Gasteiger partial charge is 0.171 e. The topological polar surface area (TPSA) is 68.5 Å². The molecule has 0 radical (unpaired) electrons. The Labute approximate surface area is 210 Å².